The summed E-state index contributed by atoms with van der Waals surface area (Å²) in [6.45, 7) is 5.78. The molecule has 1 aromatic carbocycles. The van der Waals surface area contributed by atoms with Crippen LogP contribution in [0.4, 0.5) is 8.78 Å². The molecule has 1 aromatic rings. The molecule has 0 radical (unpaired) electrons. The van der Waals surface area contributed by atoms with Crippen LogP contribution in [0.5, 0.6) is 0 Å². The Bertz CT molecular complexity index is 323. The van der Waals surface area contributed by atoms with E-state index >= 15 is 0 Å². The maximum atomic E-state index is 13.1. The highest BCUT2D eigenvalue weighted by Gasteiger charge is 2.04. The van der Waals surface area contributed by atoms with Crippen LogP contribution in [-0.4, -0.2) is 6.04 Å². The molecule has 0 aliphatic carbocycles. The van der Waals surface area contributed by atoms with E-state index in [4.69, 9.17) is 0 Å². The first-order valence-electron chi connectivity index (χ1n) is 4.43. The summed E-state index contributed by atoms with van der Waals surface area (Å²) in [5.41, 5.74) is 0.332. The predicted octanol–water partition coefficient (Wildman–Crippen LogP) is 2.63. The number of nitrogens with one attached hydrogen (secondary N) is 1. The smallest absolute Gasteiger partial charge is 0.127 e. The lowest BCUT2D eigenvalue weighted by molar-refractivity contribution is 0.558. The first-order valence-corrected chi connectivity index (χ1v) is 4.43. The Morgan fingerprint density at radius 2 is 2.21 bits per heavy atom. The predicted molar refractivity (Wildman–Crippen MR) is 52.9 cm³/mol. The van der Waals surface area contributed by atoms with Crippen LogP contribution >= 0.6 is 0 Å². The quantitative estimate of drug-likeness (QED) is 0.732. The van der Waals surface area contributed by atoms with E-state index in [1.807, 2.05) is 6.92 Å². The molecule has 1 unspecified atom stereocenters. The van der Waals surface area contributed by atoms with Crippen molar-refractivity contribution in [3.8, 4) is 0 Å². The molecule has 76 valence electrons. The molecule has 1 rings (SSSR count). The van der Waals surface area contributed by atoms with Crippen LogP contribution in [0.3, 0.4) is 0 Å². The lowest BCUT2D eigenvalue weighted by Crippen LogP contribution is -2.23. The van der Waals surface area contributed by atoms with Crippen molar-refractivity contribution in [3.05, 3.63) is 48.1 Å². The largest absolute Gasteiger partial charge is 0.307 e. The minimum Gasteiger partial charge on any atom is -0.307 e. The zero-order chi connectivity index (χ0) is 10.6. The molecule has 0 amide bonds. The Balaban J connectivity index is 2.66. The number of hydrogen-bond acceptors (Lipinski definition) is 1. The van der Waals surface area contributed by atoms with E-state index in [0.29, 0.717) is 12.1 Å². The van der Waals surface area contributed by atoms with E-state index in [1.165, 1.54) is 6.07 Å². The highest BCUT2D eigenvalue weighted by Crippen LogP contribution is 2.09. The van der Waals surface area contributed by atoms with Gasteiger partial charge in [-0.05, 0) is 25.1 Å². The number of halogens is 2. The summed E-state index contributed by atoms with van der Waals surface area (Å²) in [6, 6.07) is 3.51. The third-order valence-electron chi connectivity index (χ3n) is 1.98. The zero-order valence-electron chi connectivity index (χ0n) is 8.06. The third kappa shape index (κ3) is 2.92. The van der Waals surface area contributed by atoms with Crippen LogP contribution in [0, 0.1) is 11.6 Å². The Hall–Kier alpha value is -1.22. The van der Waals surface area contributed by atoms with Crippen molar-refractivity contribution in [1.82, 2.24) is 5.32 Å². The Morgan fingerprint density at radius 3 is 2.86 bits per heavy atom. The van der Waals surface area contributed by atoms with Crippen molar-refractivity contribution in [1.29, 1.82) is 0 Å². The van der Waals surface area contributed by atoms with E-state index in [1.54, 1.807) is 6.08 Å². The van der Waals surface area contributed by atoms with Gasteiger partial charge in [-0.2, -0.15) is 0 Å². The van der Waals surface area contributed by atoms with Gasteiger partial charge in [0.05, 0.1) is 0 Å². The lowest BCUT2D eigenvalue weighted by Gasteiger charge is -2.09. The van der Waals surface area contributed by atoms with E-state index in [0.717, 1.165) is 12.1 Å². The van der Waals surface area contributed by atoms with Crippen molar-refractivity contribution in [2.24, 2.45) is 0 Å². The SMILES string of the molecule is C=CC(C)NCc1cc(F)ccc1F. The van der Waals surface area contributed by atoms with Crippen molar-refractivity contribution >= 4 is 0 Å². The van der Waals surface area contributed by atoms with Crippen molar-refractivity contribution in [2.45, 2.75) is 19.5 Å². The number of rotatable bonds is 4. The molecule has 0 saturated carbocycles. The summed E-state index contributed by atoms with van der Waals surface area (Å²) in [5.74, 6) is -0.815. The maximum Gasteiger partial charge on any atom is 0.127 e. The van der Waals surface area contributed by atoms with E-state index in [-0.39, 0.29) is 6.04 Å². The van der Waals surface area contributed by atoms with Crippen LogP contribution in [-0.2, 0) is 6.54 Å². The summed E-state index contributed by atoms with van der Waals surface area (Å²) in [7, 11) is 0. The van der Waals surface area contributed by atoms with Gasteiger partial charge in [-0.15, -0.1) is 6.58 Å². The molecular formula is C11H13F2N. The van der Waals surface area contributed by atoms with Crippen LogP contribution < -0.4 is 5.32 Å². The molecule has 0 fully saturated rings. The highest BCUT2D eigenvalue weighted by atomic mass is 19.1. The van der Waals surface area contributed by atoms with E-state index in [2.05, 4.69) is 11.9 Å². The molecule has 1 N–H and O–H groups in total. The van der Waals surface area contributed by atoms with Gasteiger partial charge < -0.3 is 5.32 Å². The summed E-state index contributed by atoms with van der Waals surface area (Å²) in [6.07, 6.45) is 1.71. The lowest BCUT2D eigenvalue weighted by atomic mass is 10.2. The average molecular weight is 197 g/mol. The van der Waals surface area contributed by atoms with Crippen LogP contribution in [0.2, 0.25) is 0 Å². The molecule has 0 aliphatic rings. The van der Waals surface area contributed by atoms with Crippen molar-refractivity contribution < 1.29 is 8.78 Å². The van der Waals surface area contributed by atoms with Gasteiger partial charge in [-0.1, -0.05) is 6.08 Å². The Kier molecular flexibility index (Phi) is 3.77. The fraction of sp³-hybridized carbons (Fsp3) is 0.273. The molecule has 1 nitrogen and oxygen atoms in total. The maximum absolute atomic E-state index is 13.1. The molecule has 0 aliphatic heterocycles. The molecule has 0 heterocycles. The highest BCUT2D eigenvalue weighted by molar-refractivity contribution is 5.18. The molecule has 0 aromatic heterocycles. The Labute approximate surface area is 82.4 Å². The number of hydrogen-bond donors (Lipinski definition) is 1. The monoisotopic (exact) mass is 197 g/mol. The molecule has 0 bridgehead atoms. The molecule has 3 heteroatoms. The minimum atomic E-state index is -0.422. The second kappa shape index (κ2) is 4.86. The van der Waals surface area contributed by atoms with Gasteiger partial charge in [0.1, 0.15) is 11.6 Å². The summed E-state index contributed by atoms with van der Waals surface area (Å²) in [4.78, 5) is 0. The van der Waals surface area contributed by atoms with Gasteiger partial charge in [0, 0.05) is 18.2 Å². The van der Waals surface area contributed by atoms with Crippen molar-refractivity contribution in [3.63, 3.8) is 0 Å². The average Bonchev–Trinajstić information content (AvgIpc) is 2.19. The van der Waals surface area contributed by atoms with Gasteiger partial charge in [0.2, 0.25) is 0 Å². The zero-order valence-corrected chi connectivity index (χ0v) is 8.06. The third-order valence-corrected chi connectivity index (χ3v) is 1.98. The van der Waals surface area contributed by atoms with Gasteiger partial charge in [-0.25, -0.2) is 8.78 Å². The first kappa shape index (κ1) is 10.9. The second-order valence-electron chi connectivity index (χ2n) is 3.14. The normalized spacial score (nSPS) is 12.5. The first-order chi connectivity index (χ1) is 6.63. The van der Waals surface area contributed by atoms with Crippen molar-refractivity contribution in [2.75, 3.05) is 0 Å². The molecule has 1 atom stereocenters. The van der Waals surface area contributed by atoms with E-state index in [9.17, 15) is 8.78 Å². The fourth-order valence-electron chi connectivity index (χ4n) is 1.03. The standard InChI is InChI=1S/C11H13F2N/c1-3-8(2)14-7-9-6-10(12)4-5-11(9)13/h3-6,8,14H,1,7H2,2H3. The second-order valence-corrected chi connectivity index (χ2v) is 3.14. The van der Waals surface area contributed by atoms with Gasteiger partial charge in [-0.3, -0.25) is 0 Å². The molecule has 0 spiro atoms. The summed E-state index contributed by atoms with van der Waals surface area (Å²) in [5, 5.41) is 2.99. The molecular weight excluding hydrogens is 184 g/mol. The van der Waals surface area contributed by atoms with Crippen LogP contribution in [0.1, 0.15) is 12.5 Å². The van der Waals surface area contributed by atoms with Gasteiger partial charge in [0.15, 0.2) is 0 Å². The van der Waals surface area contributed by atoms with Gasteiger partial charge >= 0.3 is 0 Å². The van der Waals surface area contributed by atoms with E-state index < -0.39 is 11.6 Å². The summed E-state index contributed by atoms with van der Waals surface area (Å²) >= 11 is 0. The number of benzene rings is 1. The van der Waals surface area contributed by atoms with Crippen LogP contribution in [0.15, 0.2) is 30.9 Å². The fourth-order valence-corrected chi connectivity index (χ4v) is 1.03. The molecule has 14 heavy (non-hydrogen) atoms. The van der Waals surface area contributed by atoms with Gasteiger partial charge in [0.25, 0.3) is 0 Å². The topological polar surface area (TPSA) is 12.0 Å². The Morgan fingerprint density at radius 1 is 1.50 bits per heavy atom. The molecule has 0 saturated heterocycles. The van der Waals surface area contributed by atoms with Crippen LogP contribution in [0.25, 0.3) is 0 Å². The summed E-state index contributed by atoms with van der Waals surface area (Å²) < 4.78 is 25.8. The minimum absolute atomic E-state index is 0.0812.